The summed E-state index contributed by atoms with van der Waals surface area (Å²) in [6.45, 7) is 6.26. The lowest BCUT2D eigenvalue weighted by Gasteiger charge is -2.12. The Morgan fingerprint density at radius 1 is 1.14 bits per heavy atom. The standard InChI is InChI=1S/C21H24N2O5/c1-5-27-20-11-16(12-22)6-7-19(20)28-13-18(24)17-10-14(2)23(15(17)3)9-8-21(25)26-4/h6-7,10-11H,5,8-9,13H2,1-4H3. The predicted octanol–water partition coefficient (Wildman–Crippen LogP) is 3.20. The molecule has 0 aliphatic heterocycles. The van der Waals surface area contributed by atoms with Crippen molar-refractivity contribution >= 4 is 11.8 Å². The highest BCUT2D eigenvalue weighted by molar-refractivity contribution is 5.98. The molecule has 7 heteroatoms. The Hall–Kier alpha value is -3.27. The largest absolute Gasteiger partial charge is 0.490 e. The van der Waals surface area contributed by atoms with E-state index in [9.17, 15) is 9.59 Å². The third-order valence-electron chi connectivity index (χ3n) is 4.37. The quantitative estimate of drug-likeness (QED) is 0.487. The number of benzene rings is 1. The average molecular weight is 384 g/mol. The second-order valence-electron chi connectivity index (χ2n) is 6.18. The van der Waals surface area contributed by atoms with E-state index in [4.69, 9.17) is 14.7 Å². The molecule has 1 heterocycles. The number of nitriles is 1. The smallest absolute Gasteiger partial charge is 0.307 e. The zero-order chi connectivity index (χ0) is 20.7. The van der Waals surface area contributed by atoms with Crippen molar-refractivity contribution < 1.29 is 23.8 Å². The van der Waals surface area contributed by atoms with Crippen molar-refractivity contribution in [3.05, 3.63) is 46.8 Å². The normalized spacial score (nSPS) is 10.2. The van der Waals surface area contributed by atoms with Crippen molar-refractivity contribution in [2.45, 2.75) is 33.7 Å². The Balaban J connectivity index is 2.12. The van der Waals surface area contributed by atoms with E-state index in [2.05, 4.69) is 4.74 Å². The second-order valence-corrected chi connectivity index (χ2v) is 6.18. The Morgan fingerprint density at radius 2 is 1.89 bits per heavy atom. The molecule has 1 aromatic carbocycles. The van der Waals surface area contributed by atoms with Crippen molar-refractivity contribution in [3.63, 3.8) is 0 Å². The van der Waals surface area contributed by atoms with E-state index in [0.717, 1.165) is 11.4 Å². The molecule has 0 saturated carbocycles. The lowest BCUT2D eigenvalue weighted by Crippen LogP contribution is -2.14. The molecule has 0 aliphatic carbocycles. The fourth-order valence-corrected chi connectivity index (χ4v) is 2.92. The molecule has 0 unspecified atom stereocenters. The summed E-state index contributed by atoms with van der Waals surface area (Å²) in [7, 11) is 1.35. The molecule has 0 saturated heterocycles. The molecule has 0 aliphatic rings. The number of carbonyl (C=O) groups excluding carboxylic acids is 2. The number of nitrogens with zero attached hydrogens (tertiary/aromatic N) is 2. The van der Waals surface area contributed by atoms with Gasteiger partial charge in [0.2, 0.25) is 5.78 Å². The average Bonchev–Trinajstić information content (AvgIpc) is 2.98. The van der Waals surface area contributed by atoms with E-state index in [1.165, 1.54) is 7.11 Å². The number of Topliss-reactive ketones (excluding diaryl/α,β-unsaturated/α-hetero) is 1. The number of rotatable bonds is 9. The first-order valence-electron chi connectivity index (χ1n) is 8.97. The Kier molecular flexibility index (Phi) is 7.21. The zero-order valence-electron chi connectivity index (χ0n) is 16.6. The van der Waals surface area contributed by atoms with Crippen LogP contribution in [0.4, 0.5) is 0 Å². The van der Waals surface area contributed by atoms with Crippen LogP contribution in [0, 0.1) is 25.2 Å². The Bertz CT molecular complexity index is 908. The number of hydrogen-bond acceptors (Lipinski definition) is 6. The molecule has 7 nitrogen and oxygen atoms in total. The third-order valence-corrected chi connectivity index (χ3v) is 4.37. The molecule has 148 valence electrons. The summed E-state index contributed by atoms with van der Waals surface area (Å²) in [6, 6.07) is 8.66. The van der Waals surface area contributed by atoms with Crippen LogP contribution in [-0.4, -0.2) is 36.6 Å². The van der Waals surface area contributed by atoms with E-state index in [-0.39, 0.29) is 24.8 Å². The lowest BCUT2D eigenvalue weighted by molar-refractivity contribution is -0.140. The molecule has 2 aromatic rings. The second kappa shape index (κ2) is 9.60. The number of ketones is 1. The van der Waals surface area contributed by atoms with Gasteiger partial charge in [0.25, 0.3) is 0 Å². The Morgan fingerprint density at radius 3 is 2.54 bits per heavy atom. The highest BCUT2D eigenvalue weighted by atomic mass is 16.5. The van der Waals surface area contributed by atoms with Gasteiger partial charge in [-0.1, -0.05) is 0 Å². The van der Waals surface area contributed by atoms with Crippen LogP contribution in [0.3, 0.4) is 0 Å². The number of carbonyl (C=O) groups is 2. The molecular weight excluding hydrogens is 360 g/mol. The number of hydrogen-bond donors (Lipinski definition) is 0. The first-order valence-corrected chi connectivity index (χ1v) is 8.97. The topological polar surface area (TPSA) is 90.5 Å². The van der Waals surface area contributed by atoms with Crippen molar-refractivity contribution in [2.75, 3.05) is 20.3 Å². The van der Waals surface area contributed by atoms with Crippen LogP contribution in [0.2, 0.25) is 0 Å². The van der Waals surface area contributed by atoms with Gasteiger partial charge in [-0.15, -0.1) is 0 Å². The summed E-state index contributed by atoms with van der Waals surface area (Å²) in [5.74, 6) is 0.365. The summed E-state index contributed by atoms with van der Waals surface area (Å²) in [4.78, 5) is 24.1. The number of ether oxygens (including phenoxy) is 3. The van der Waals surface area contributed by atoms with Gasteiger partial charge in [0.15, 0.2) is 18.1 Å². The maximum absolute atomic E-state index is 12.7. The summed E-state index contributed by atoms with van der Waals surface area (Å²) in [5.41, 5.74) is 2.67. The summed E-state index contributed by atoms with van der Waals surface area (Å²) in [6.07, 6.45) is 0.236. The van der Waals surface area contributed by atoms with E-state index in [1.54, 1.807) is 24.3 Å². The van der Waals surface area contributed by atoms with E-state index >= 15 is 0 Å². The summed E-state index contributed by atoms with van der Waals surface area (Å²) >= 11 is 0. The number of methoxy groups -OCH3 is 1. The first-order chi connectivity index (χ1) is 13.4. The van der Waals surface area contributed by atoms with Crippen LogP contribution in [-0.2, 0) is 16.1 Å². The van der Waals surface area contributed by atoms with E-state index in [0.29, 0.717) is 35.8 Å². The van der Waals surface area contributed by atoms with Gasteiger partial charge in [-0.05, 0) is 39.0 Å². The summed E-state index contributed by atoms with van der Waals surface area (Å²) in [5, 5.41) is 9.01. The maximum Gasteiger partial charge on any atom is 0.307 e. The van der Waals surface area contributed by atoms with E-state index < -0.39 is 0 Å². The molecule has 0 radical (unpaired) electrons. The molecule has 0 amide bonds. The fourth-order valence-electron chi connectivity index (χ4n) is 2.92. The van der Waals surface area contributed by atoms with Crippen LogP contribution < -0.4 is 9.47 Å². The molecule has 28 heavy (non-hydrogen) atoms. The van der Waals surface area contributed by atoms with Crippen LogP contribution in [0.25, 0.3) is 0 Å². The van der Waals surface area contributed by atoms with Crippen LogP contribution in [0.5, 0.6) is 11.5 Å². The molecule has 0 spiro atoms. The maximum atomic E-state index is 12.7. The van der Waals surface area contributed by atoms with Gasteiger partial charge in [-0.25, -0.2) is 0 Å². The number of aromatic nitrogens is 1. The van der Waals surface area contributed by atoms with Crippen molar-refractivity contribution in [1.82, 2.24) is 4.57 Å². The molecule has 0 fully saturated rings. The highest BCUT2D eigenvalue weighted by Crippen LogP contribution is 2.28. The van der Waals surface area contributed by atoms with Gasteiger partial charge in [-0.3, -0.25) is 9.59 Å². The predicted molar refractivity (Wildman–Crippen MR) is 103 cm³/mol. The van der Waals surface area contributed by atoms with Gasteiger partial charge in [0, 0.05) is 29.6 Å². The molecule has 0 N–H and O–H groups in total. The molecule has 0 bridgehead atoms. The van der Waals surface area contributed by atoms with Gasteiger partial charge in [0.05, 0.1) is 31.8 Å². The molecule has 0 atom stereocenters. The molecule has 2 rings (SSSR count). The van der Waals surface area contributed by atoms with Crippen molar-refractivity contribution in [3.8, 4) is 17.6 Å². The molecular formula is C21H24N2O5. The zero-order valence-corrected chi connectivity index (χ0v) is 16.6. The van der Waals surface area contributed by atoms with Gasteiger partial charge in [0.1, 0.15) is 0 Å². The van der Waals surface area contributed by atoms with Crippen molar-refractivity contribution in [1.29, 1.82) is 5.26 Å². The van der Waals surface area contributed by atoms with Crippen LogP contribution in [0.1, 0.15) is 40.7 Å². The fraction of sp³-hybridized carbons (Fsp3) is 0.381. The van der Waals surface area contributed by atoms with Gasteiger partial charge < -0.3 is 18.8 Å². The van der Waals surface area contributed by atoms with Gasteiger partial charge >= 0.3 is 5.97 Å². The van der Waals surface area contributed by atoms with Crippen LogP contribution in [0.15, 0.2) is 24.3 Å². The van der Waals surface area contributed by atoms with Crippen molar-refractivity contribution in [2.24, 2.45) is 0 Å². The lowest BCUT2D eigenvalue weighted by atomic mass is 10.1. The highest BCUT2D eigenvalue weighted by Gasteiger charge is 2.18. The minimum Gasteiger partial charge on any atom is -0.490 e. The minimum atomic E-state index is -0.298. The molecule has 1 aromatic heterocycles. The third kappa shape index (κ3) is 4.92. The monoisotopic (exact) mass is 384 g/mol. The Labute approximate surface area is 164 Å². The van der Waals surface area contributed by atoms with E-state index in [1.807, 2.05) is 31.4 Å². The minimum absolute atomic E-state index is 0.159. The number of esters is 1. The SMILES string of the molecule is CCOc1cc(C#N)ccc1OCC(=O)c1cc(C)n(CCC(=O)OC)c1C. The van der Waals surface area contributed by atoms with Gasteiger partial charge in [-0.2, -0.15) is 5.26 Å². The first kappa shape index (κ1) is 21.0. The number of aryl methyl sites for hydroxylation is 1. The summed E-state index contributed by atoms with van der Waals surface area (Å²) < 4.78 is 17.7. The van der Waals surface area contributed by atoms with Crippen LogP contribution >= 0.6 is 0 Å².